The van der Waals surface area contributed by atoms with Crippen LogP contribution in [0.25, 0.3) is 88.7 Å². The van der Waals surface area contributed by atoms with E-state index in [0.29, 0.717) is 16.9 Å². The second kappa shape index (κ2) is 17.7. The van der Waals surface area contributed by atoms with Gasteiger partial charge in [0.2, 0.25) is 0 Å². The van der Waals surface area contributed by atoms with Crippen LogP contribution in [-0.4, -0.2) is 0 Å². The Balaban J connectivity index is 1.04. The van der Waals surface area contributed by atoms with Crippen molar-refractivity contribution in [1.82, 2.24) is 0 Å². The molecular formula is C64H45N. The second-order valence-electron chi connectivity index (χ2n) is 16.2. The van der Waals surface area contributed by atoms with Crippen LogP contribution in [0.5, 0.6) is 0 Å². The van der Waals surface area contributed by atoms with Gasteiger partial charge in [0.05, 0.1) is 5.48 Å². The Kier molecular flexibility index (Phi) is 9.52. The van der Waals surface area contributed by atoms with Gasteiger partial charge in [0.1, 0.15) is 0 Å². The molecular weight excluding hydrogens is 783 g/mol. The molecule has 0 N–H and O–H groups in total. The van der Waals surface area contributed by atoms with Crippen molar-refractivity contribution in [2.45, 2.75) is 0 Å². The van der Waals surface area contributed by atoms with E-state index >= 15 is 0 Å². The Bertz CT molecular complexity index is 3590. The summed E-state index contributed by atoms with van der Waals surface area (Å²) in [5, 5.41) is 2.32. The minimum atomic E-state index is -0.130. The molecule has 0 spiro atoms. The smallest absolute Gasteiger partial charge is 0.0645 e. The third-order valence-electron chi connectivity index (χ3n) is 12.2. The average Bonchev–Trinajstić information content (AvgIpc) is 3.42. The Labute approximate surface area is 387 Å². The summed E-state index contributed by atoms with van der Waals surface area (Å²) < 4.78 is 38.4. The zero-order valence-corrected chi connectivity index (χ0v) is 35.6. The maximum Gasteiger partial charge on any atom is 0.0645 e. The molecule has 0 aliphatic rings. The minimum Gasteiger partial charge on any atom is -0.311 e. The first-order valence-corrected chi connectivity index (χ1v) is 22.0. The topological polar surface area (TPSA) is 3.24 Å². The van der Waals surface area contributed by atoms with E-state index in [1.165, 1.54) is 0 Å². The van der Waals surface area contributed by atoms with Gasteiger partial charge < -0.3 is 4.90 Å². The number of benzene rings is 11. The van der Waals surface area contributed by atoms with E-state index in [2.05, 4.69) is 152 Å². The molecule has 306 valence electrons. The molecule has 0 aliphatic carbocycles. The maximum absolute atomic E-state index is 9.69. The van der Waals surface area contributed by atoms with Gasteiger partial charge in [0.25, 0.3) is 0 Å². The second-order valence-corrected chi connectivity index (χ2v) is 16.2. The first-order chi connectivity index (χ1) is 33.9. The molecule has 1 heteroatoms. The quantitative estimate of drug-likeness (QED) is 0.133. The van der Waals surface area contributed by atoms with Gasteiger partial charge in [-0.25, -0.2) is 0 Å². The molecule has 0 bridgehead atoms. The summed E-state index contributed by atoms with van der Waals surface area (Å²) in [6, 6.07) is 84.4. The van der Waals surface area contributed by atoms with Crippen molar-refractivity contribution < 1.29 is 5.48 Å². The molecule has 0 aliphatic heterocycles. The largest absolute Gasteiger partial charge is 0.311 e. The zero-order chi connectivity index (χ0) is 46.8. The number of rotatable bonds is 10. The van der Waals surface area contributed by atoms with Crippen molar-refractivity contribution in [3.8, 4) is 77.9 Å². The average molecular weight is 832 g/mol. The van der Waals surface area contributed by atoms with Crippen LogP contribution >= 0.6 is 0 Å². The Morgan fingerprint density at radius 3 is 1.31 bits per heavy atom. The summed E-state index contributed by atoms with van der Waals surface area (Å²) in [6.45, 7) is 0. The summed E-state index contributed by atoms with van der Waals surface area (Å²) in [5.41, 5.74) is 15.4. The Morgan fingerprint density at radius 1 is 0.246 bits per heavy atom. The van der Waals surface area contributed by atoms with Crippen molar-refractivity contribution in [2.75, 3.05) is 4.90 Å². The highest BCUT2D eigenvalue weighted by Gasteiger charge is 2.17. The lowest BCUT2D eigenvalue weighted by Crippen LogP contribution is -2.09. The first-order valence-electron chi connectivity index (χ1n) is 24.0. The normalized spacial score (nSPS) is 11.9. The molecule has 0 fully saturated rings. The van der Waals surface area contributed by atoms with Gasteiger partial charge >= 0.3 is 0 Å². The number of anilines is 3. The third-order valence-corrected chi connectivity index (χ3v) is 12.2. The van der Waals surface area contributed by atoms with Gasteiger partial charge in [0, 0.05) is 17.1 Å². The Morgan fingerprint density at radius 2 is 0.677 bits per heavy atom. The van der Waals surface area contributed by atoms with Crippen molar-refractivity contribution in [1.29, 1.82) is 0 Å². The van der Waals surface area contributed by atoms with Crippen LogP contribution in [0.4, 0.5) is 17.1 Å². The molecule has 0 radical (unpaired) electrons. The van der Waals surface area contributed by atoms with Crippen LogP contribution in [0.1, 0.15) is 5.48 Å². The molecule has 0 amide bonds. The van der Waals surface area contributed by atoms with Gasteiger partial charge in [-0.05, 0) is 137 Å². The molecule has 0 unspecified atom stereocenters. The fraction of sp³-hybridized carbons (Fsp3) is 0. The number of fused-ring (bicyclic) bond motifs is 1. The third kappa shape index (κ3) is 8.04. The number of nitrogens with zero attached hydrogens (tertiary/aromatic N) is 1. The first kappa shape index (κ1) is 35.0. The van der Waals surface area contributed by atoms with Crippen molar-refractivity contribution in [2.24, 2.45) is 0 Å². The van der Waals surface area contributed by atoms with Crippen molar-refractivity contribution in [3.05, 3.63) is 273 Å². The summed E-state index contributed by atoms with van der Waals surface area (Å²) in [6.07, 6.45) is 0. The van der Waals surface area contributed by atoms with Crippen LogP contribution in [0, 0.1) is 0 Å². The molecule has 11 rings (SSSR count). The van der Waals surface area contributed by atoms with Crippen LogP contribution in [0.2, 0.25) is 0 Å². The summed E-state index contributed by atoms with van der Waals surface area (Å²) in [4.78, 5) is 1.87. The van der Waals surface area contributed by atoms with E-state index in [9.17, 15) is 5.48 Å². The zero-order valence-electron chi connectivity index (χ0n) is 39.6. The minimum absolute atomic E-state index is 0.106. The predicted octanol–water partition coefficient (Wildman–Crippen LogP) is 18.0. The predicted molar refractivity (Wildman–Crippen MR) is 277 cm³/mol. The standard InChI is InChI=1S/C64H45N/c1-5-16-46(17-6-1)54-25-15-26-55(44-54)47-28-36-57(37-29-47)65(59-40-32-52(33-41-59)62-43-34-51-22-13-14-27-61(51)64(62)53-23-11-4-12-24-53)58-38-30-48(31-39-58)56-35-42-60(49-18-7-2-8-19-49)63(45-56)50-20-9-3-10-21-50/h1-45H/i28D,29D,36D,37D. The molecule has 1 nitrogen and oxygen atoms in total. The fourth-order valence-electron chi connectivity index (χ4n) is 8.92. The maximum atomic E-state index is 9.69. The highest BCUT2D eigenvalue weighted by Crippen LogP contribution is 2.42. The summed E-state index contributed by atoms with van der Waals surface area (Å²) in [5.74, 6) is 0. The lowest BCUT2D eigenvalue weighted by Gasteiger charge is -2.26. The fourth-order valence-corrected chi connectivity index (χ4v) is 8.92. The SMILES string of the molecule is [2H]c1c([2H])c(N(c2ccc(-c3ccc(-c4ccccc4)c(-c4ccccc4)c3)cc2)c2ccc(-c3ccc4ccccc4c3-c3ccccc3)cc2)c([2H])c([2H])c1-c1cccc(-c2ccccc2)c1. The lowest BCUT2D eigenvalue weighted by molar-refractivity contribution is 1.28. The van der Waals surface area contributed by atoms with E-state index in [1.54, 1.807) is 0 Å². The molecule has 0 saturated carbocycles. The summed E-state index contributed by atoms with van der Waals surface area (Å²) >= 11 is 0. The highest BCUT2D eigenvalue weighted by molar-refractivity contribution is 6.04. The van der Waals surface area contributed by atoms with Gasteiger partial charge in [-0.3, -0.25) is 0 Å². The van der Waals surface area contributed by atoms with E-state index in [4.69, 9.17) is 0 Å². The highest BCUT2D eigenvalue weighted by atomic mass is 15.1. The van der Waals surface area contributed by atoms with Crippen LogP contribution in [0.15, 0.2) is 273 Å². The molecule has 0 aromatic heterocycles. The number of hydrogen-bond acceptors (Lipinski definition) is 1. The molecule has 0 saturated heterocycles. The van der Waals surface area contributed by atoms with Crippen LogP contribution < -0.4 is 4.90 Å². The van der Waals surface area contributed by atoms with E-state index < -0.39 is 0 Å². The lowest BCUT2D eigenvalue weighted by atomic mass is 9.90. The summed E-state index contributed by atoms with van der Waals surface area (Å²) in [7, 11) is 0. The molecule has 11 aromatic rings. The van der Waals surface area contributed by atoms with Crippen molar-refractivity contribution >= 4 is 27.8 Å². The van der Waals surface area contributed by atoms with Crippen LogP contribution in [-0.2, 0) is 0 Å². The van der Waals surface area contributed by atoms with E-state index in [0.717, 1.165) is 77.5 Å². The number of hydrogen-bond donors (Lipinski definition) is 0. The van der Waals surface area contributed by atoms with E-state index in [-0.39, 0.29) is 35.4 Å². The van der Waals surface area contributed by atoms with Crippen LogP contribution in [0.3, 0.4) is 0 Å². The van der Waals surface area contributed by atoms with Gasteiger partial charge in [-0.15, -0.1) is 0 Å². The molecule has 11 aromatic carbocycles. The van der Waals surface area contributed by atoms with Crippen molar-refractivity contribution in [3.63, 3.8) is 0 Å². The monoisotopic (exact) mass is 831 g/mol. The molecule has 65 heavy (non-hydrogen) atoms. The van der Waals surface area contributed by atoms with Gasteiger partial charge in [-0.1, -0.05) is 224 Å². The Hall–Kier alpha value is -8.52. The van der Waals surface area contributed by atoms with E-state index in [1.807, 2.05) is 102 Å². The molecule has 0 heterocycles. The van der Waals surface area contributed by atoms with Gasteiger partial charge in [-0.2, -0.15) is 0 Å². The molecule has 0 atom stereocenters. The van der Waals surface area contributed by atoms with Gasteiger partial charge in [0.15, 0.2) is 0 Å².